The first-order valence-corrected chi connectivity index (χ1v) is 2.93. The highest BCUT2D eigenvalue weighted by atomic mass is 19.1. The molecule has 0 radical (unpaired) electrons. The molecule has 0 aromatic rings. The number of halogens is 1. The molecule has 0 aliphatic carbocycles. The van der Waals surface area contributed by atoms with E-state index in [1.54, 1.807) is 0 Å². The monoisotopic (exact) mass is 165 g/mol. The first-order chi connectivity index (χ1) is 4.95. The maximum Gasteiger partial charge on any atom is 0.445 e. The van der Waals surface area contributed by atoms with Gasteiger partial charge in [-0.05, 0) is 13.8 Å². The number of nitrogens with zero attached hydrogens (tertiary/aromatic N) is 1. The number of nitro groups is 1. The molecule has 0 aliphatic rings. The molecule has 0 aromatic carbocycles. The third kappa shape index (κ3) is 3.49. The van der Waals surface area contributed by atoms with Crippen molar-refractivity contribution in [3.05, 3.63) is 10.1 Å². The van der Waals surface area contributed by atoms with Crippen molar-refractivity contribution < 1.29 is 18.8 Å². The van der Waals surface area contributed by atoms with E-state index in [9.17, 15) is 19.3 Å². The average molecular weight is 165 g/mol. The van der Waals surface area contributed by atoms with Crippen LogP contribution in [0.2, 0.25) is 0 Å². The number of esters is 1. The molecule has 6 heteroatoms. The van der Waals surface area contributed by atoms with Crippen molar-refractivity contribution >= 4 is 5.97 Å². The standard InChI is InChI=1S/C5H8FNO4/c1-3(2)11-5(8)4(6)7(9)10/h3-4H,1-2H3. The van der Waals surface area contributed by atoms with Gasteiger partial charge < -0.3 is 4.74 Å². The SMILES string of the molecule is CC(C)OC(=O)C(F)[N+](=O)[O-]. The molecule has 0 aliphatic heterocycles. The number of alkyl halides is 1. The van der Waals surface area contributed by atoms with Gasteiger partial charge in [-0.2, -0.15) is 4.39 Å². The Morgan fingerprint density at radius 1 is 1.64 bits per heavy atom. The number of rotatable bonds is 3. The molecule has 0 amide bonds. The van der Waals surface area contributed by atoms with E-state index < -0.39 is 23.3 Å². The first-order valence-electron chi connectivity index (χ1n) is 2.93. The number of carbonyl (C=O) groups excluding carboxylic acids is 1. The predicted molar refractivity (Wildman–Crippen MR) is 33.1 cm³/mol. The van der Waals surface area contributed by atoms with Crippen LogP contribution < -0.4 is 0 Å². The van der Waals surface area contributed by atoms with Crippen molar-refractivity contribution in [2.45, 2.75) is 26.2 Å². The molecule has 0 aromatic heterocycles. The van der Waals surface area contributed by atoms with Crippen LogP contribution in [-0.4, -0.2) is 23.3 Å². The van der Waals surface area contributed by atoms with Crippen LogP contribution in [0.5, 0.6) is 0 Å². The van der Waals surface area contributed by atoms with Gasteiger partial charge in [-0.1, -0.05) is 0 Å². The van der Waals surface area contributed by atoms with Gasteiger partial charge in [0, 0.05) is 0 Å². The minimum atomic E-state index is -2.77. The van der Waals surface area contributed by atoms with Crippen LogP contribution in [0.15, 0.2) is 0 Å². The molecular weight excluding hydrogens is 157 g/mol. The molecule has 0 saturated carbocycles. The van der Waals surface area contributed by atoms with Crippen LogP contribution in [0, 0.1) is 10.1 Å². The molecular formula is C5H8FNO4. The predicted octanol–water partition coefficient (Wildman–Crippen LogP) is 0.510. The average Bonchev–Trinajstić information content (AvgIpc) is 1.84. The minimum absolute atomic E-state index is 0.541. The molecule has 0 saturated heterocycles. The minimum Gasteiger partial charge on any atom is -0.456 e. The van der Waals surface area contributed by atoms with Crippen molar-refractivity contribution in [1.29, 1.82) is 0 Å². The van der Waals surface area contributed by atoms with Crippen molar-refractivity contribution in [1.82, 2.24) is 0 Å². The van der Waals surface area contributed by atoms with Gasteiger partial charge >= 0.3 is 12.3 Å². The third-order valence-corrected chi connectivity index (χ3v) is 0.731. The topological polar surface area (TPSA) is 69.4 Å². The molecule has 64 valence electrons. The third-order valence-electron chi connectivity index (χ3n) is 0.731. The van der Waals surface area contributed by atoms with E-state index in [1.165, 1.54) is 13.8 Å². The van der Waals surface area contributed by atoms with Crippen LogP contribution in [0.1, 0.15) is 13.8 Å². The van der Waals surface area contributed by atoms with Crippen LogP contribution in [0.3, 0.4) is 0 Å². The smallest absolute Gasteiger partial charge is 0.445 e. The largest absolute Gasteiger partial charge is 0.456 e. The quantitative estimate of drug-likeness (QED) is 0.264. The van der Waals surface area contributed by atoms with Gasteiger partial charge in [0.2, 0.25) is 0 Å². The Kier molecular flexibility index (Phi) is 3.43. The number of hydrogen-bond acceptors (Lipinski definition) is 4. The zero-order chi connectivity index (χ0) is 9.02. The number of hydrogen-bond donors (Lipinski definition) is 0. The Labute approximate surface area is 62.3 Å². The number of carbonyl (C=O) groups is 1. The van der Waals surface area contributed by atoms with E-state index in [0.717, 1.165) is 0 Å². The van der Waals surface area contributed by atoms with Gasteiger partial charge in [-0.15, -0.1) is 0 Å². The van der Waals surface area contributed by atoms with E-state index in [1.807, 2.05) is 0 Å². The molecule has 0 N–H and O–H groups in total. The summed E-state index contributed by atoms with van der Waals surface area (Å²) in [5.41, 5.74) is 0. The lowest BCUT2D eigenvalue weighted by Crippen LogP contribution is -2.28. The van der Waals surface area contributed by atoms with Crippen LogP contribution in [0.25, 0.3) is 0 Å². The van der Waals surface area contributed by atoms with Gasteiger partial charge in [0.1, 0.15) is 0 Å². The summed E-state index contributed by atoms with van der Waals surface area (Å²) in [5, 5.41) is 9.65. The molecule has 1 atom stereocenters. The van der Waals surface area contributed by atoms with Crippen molar-refractivity contribution in [2.75, 3.05) is 0 Å². The second-order valence-corrected chi connectivity index (χ2v) is 2.11. The Morgan fingerprint density at radius 2 is 2.09 bits per heavy atom. The van der Waals surface area contributed by atoms with Gasteiger partial charge in [0.25, 0.3) is 0 Å². The summed E-state index contributed by atoms with van der Waals surface area (Å²) in [6.07, 6.45) is -3.31. The van der Waals surface area contributed by atoms with Gasteiger partial charge in [-0.3, -0.25) is 10.1 Å². The van der Waals surface area contributed by atoms with E-state index in [2.05, 4.69) is 4.74 Å². The Hall–Kier alpha value is -1.20. The normalized spacial score (nSPS) is 12.7. The molecule has 0 heterocycles. The maximum atomic E-state index is 12.1. The zero-order valence-corrected chi connectivity index (χ0v) is 6.11. The van der Waals surface area contributed by atoms with Gasteiger partial charge in [0.15, 0.2) is 0 Å². The Balaban J connectivity index is 3.93. The summed E-state index contributed by atoms with van der Waals surface area (Å²) in [6, 6.07) is 0. The second kappa shape index (κ2) is 3.85. The summed E-state index contributed by atoms with van der Waals surface area (Å²) < 4.78 is 16.3. The Morgan fingerprint density at radius 3 is 2.36 bits per heavy atom. The summed E-state index contributed by atoms with van der Waals surface area (Å²) in [5.74, 6) is -1.45. The lowest BCUT2D eigenvalue weighted by atomic mass is 10.5. The summed E-state index contributed by atoms with van der Waals surface area (Å²) in [4.78, 5) is 18.7. The molecule has 0 spiro atoms. The molecule has 0 bridgehead atoms. The Bertz CT molecular complexity index is 170. The molecule has 5 nitrogen and oxygen atoms in total. The number of ether oxygens (including phenoxy) is 1. The molecule has 11 heavy (non-hydrogen) atoms. The summed E-state index contributed by atoms with van der Waals surface area (Å²) in [7, 11) is 0. The highest BCUT2D eigenvalue weighted by Crippen LogP contribution is 1.98. The fourth-order valence-corrected chi connectivity index (χ4v) is 0.375. The molecule has 1 unspecified atom stereocenters. The van der Waals surface area contributed by atoms with Crippen LogP contribution in [-0.2, 0) is 9.53 Å². The fraction of sp³-hybridized carbons (Fsp3) is 0.800. The van der Waals surface area contributed by atoms with E-state index in [-0.39, 0.29) is 0 Å². The fourth-order valence-electron chi connectivity index (χ4n) is 0.375. The highest BCUT2D eigenvalue weighted by Gasteiger charge is 2.30. The summed E-state index contributed by atoms with van der Waals surface area (Å²) >= 11 is 0. The lowest BCUT2D eigenvalue weighted by molar-refractivity contribution is -0.539. The second-order valence-electron chi connectivity index (χ2n) is 2.11. The lowest BCUT2D eigenvalue weighted by Gasteiger charge is -2.05. The molecule has 0 rings (SSSR count). The van der Waals surface area contributed by atoms with Gasteiger partial charge in [0.05, 0.1) is 11.0 Å². The van der Waals surface area contributed by atoms with Crippen molar-refractivity contribution in [3.8, 4) is 0 Å². The maximum absolute atomic E-state index is 12.1. The first kappa shape index (κ1) is 9.80. The van der Waals surface area contributed by atoms with Gasteiger partial charge in [-0.25, -0.2) is 4.79 Å². The van der Waals surface area contributed by atoms with Crippen LogP contribution >= 0.6 is 0 Å². The summed E-state index contributed by atoms with van der Waals surface area (Å²) in [6.45, 7) is 2.95. The van der Waals surface area contributed by atoms with Crippen molar-refractivity contribution in [2.24, 2.45) is 0 Å². The van der Waals surface area contributed by atoms with E-state index >= 15 is 0 Å². The van der Waals surface area contributed by atoms with Crippen LogP contribution in [0.4, 0.5) is 4.39 Å². The van der Waals surface area contributed by atoms with E-state index in [0.29, 0.717) is 0 Å². The highest BCUT2D eigenvalue weighted by molar-refractivity contribution is 5.72. The zero-order valence-electron chi connectivity index (χ0n) is 6.11. The molecule has 0 fully saturated rings. The van der Waals surface area contributed by atoms with E-state index in [4.69, 9.17) is 0 Å². The van der Waals surface area contributed by atoms with Crippen molar-refractivity contribution in [3.63, 3.8) is 0 Å².